The van der Waals surface area contributed by atoms with Crippen LogP contribution < -0.4 is 10.9 Å². The van der Waals surface area contributed by atoms with Crippen molar-refractivity contribution in [1.29, 1.82) is 0 Å². The first kappa shape index (κ1) is 20.2. The molecule has 4 rings (SSSR count). The van der Waals surface area contributed by atoms with Gasteiger partial charge in [0, 0.05) is 35.2 Å². The molecular formula is C22H20FN3O3S. The molecule has 2 aromatic heterocycles. The van der Waals surface area contributed by atoms with Crippen molar-refractivity contribution in [2.45, 2.75) is 33.1 Å². The van der Waals surface area contributed by atoms with E-state index in [4.69, 9.17) is 0 Å². The van der Waals surface area contributed by atoms with Crippen molar-refractivity contribution in [1.82, 2.24) is 9.97 Å². The number of hydrogen-bond donors (Lipinski definition) is 2. The van der Waals surface area contributed by atoms with Crippen LogP contribution in [0.15, 0.2) is 41.3 Å². The number of amides is 1. The maximum absolute atomic E-state index is 13.3. The lowest BCUT2D eigenvalue weighted by Crippen LogP contribution is -2.32. The molecule has 2 N–H and O–H groups in total. The quantitative estimate of drug-likeness (QED) is 0.662. The van der Waals surface area contributed by atoms with E-state index in [9.17, 15) is 18.8 Å². The minimum absolute atomic E-state index is 0.0850. The van der Waals surface area contributed by atoms with Crippen molar-refractivity contribution in [3.8, 4) is 0 Å². The van der Waals surface area contributed by atoms with E-state index in [1.54, 1.807) is 12.3 Å². The lowest BCUT2D eigenvalue weighted by Gasteiger charge is -2.29. The van der Waals surface area contributed by atoms with E-state index in [1.165, 1.54) is 29.5 Å². The fourth-order valence-electron chi connectivity index (χ4n) is 3.66. The third kappa shape index (κ3) is 4.23. The molecule has 0 radical (unpaired) electrons. The number of hydrogen-bond acceptors (Lipinski definition) is 5. The topological polar surface area (TPSA) is 91.9 Å². The van der Waals surface area contributed by atoms with Crippen LogP contribution in [0, 0.1) is 11.2 Å². The predicted molar refractivity (Wildman–Crippen MR) is 113 cm³/mol. The Balaban J connectivity index is 1.52. The summed E-state index contributed by atoms with van der Waals surface area (Å²) in [6.07, 6.45) is 3.02. The number of Topliss-reactive ketones (excluding diaryl/α,β-unsaturated/α-hetero) is 1. The number of fused-ring (bicyclic) bond motifs is 1. The number of nitrogens with one attached hydrogen (secondary N) is 2. The maximum Gasteiger partial charge on any atom is 0.263 e. The van der Waals surface area contributed by atoms with Crippen LogP contribution in [0.2, 0.25) is 0 Å². The molecule has 30 heavy (non-hydrogen) atoms. The van der Waals surface area contributed by atoms with Gasteiger partial charge in [-0.1, -0.05) is 26.0 Å². The lowest BCUT2D eigenvalue weighted by atomic mass is 9.75. The summed E-state index contributed by atoms with van der Waals surface area (Å²) < 4.78 is 13.3. The Morgan fingerprint density at radius 2 is 2.07 bits per heavy atom. The molecular weight excluding hydrogens is 405 g/mol. The molecule has 0 saturated heterocycles. The Kier molecular flexibility index (Phi) is 5.11. The highest BCUT2D eigenvalue weighted by Crippen LogP contribution is 2.33. The number of aromatic amines is 1. The van der Waals surface area contributed by atoms with Crippen molar-refractivity contribution in [3.05, 3.63) is 80.0 Å². The second-order valence-corrected chi connectivity index (χ2v) is 9.35. The van der Waals surface area contributed by atoms with Crippen LogP contribution in [0.25, 0.3) is 0 Å². The number of halogens is 1. The zero-order valence-electron chi connectivity index (χ0n) is 16.5. The third-order valence-corrected chi connectivity index (χ3v) is 5.92. The van der Waals surface area contributed by atoms with Gasteiger partial charge in [0.25, 0.3) is 11.5 Å². The summed E-state index contributed by atoms with van der Waals surface area (Å²) in [6.45, 7) is 3.94. The van der Waals surface area contributed by atoms with Gasteiger partial charge in [-0.15, -0.1) is 11.3 Å². The number of ketones is 1. The van der Waals surface area contributed by atoms with Crippen molar-refractivity contribution < 1.29 is 14.0 Å². The number of nitrogens with zero attached hydrogens (tertiary/aromatic N) is 1. The smallest absolute Gasteiger partial charge is 0.263 e. The number of H-pyrrole nitrogens is 1. The number of thiazole rings is 1. The molecule has 3 aromatic rings. The van der Waals surface area contributed by atoms with E-state index in [2.05, 4.69) is 15.3 Å². The van der Waals surface area contributed by atoms with E-state index in [-0.39, 0.29) is 22.6 Å². The van der Waals surface area contributed by atoms with Crippen molar-refractivity contribution in [3.63, 3.8) is 0 Å². The molecule has 0 unspecified atom stereocenters. The molecule has 0 fully saturated rings. The molecule has 1 aromatic carbocycles. The minimum atomic E-state index is -0.622. The largest absolute Gasteiger partial charge is 0.325 e. The highest BCUT2D eigenvalue weighted by atomic mass is 32.1. The fourth-order valence-corrected chi connectivity index (χ4v) is 4.50. The first-order valence-corrected chi connectivity index (χ1v) is 10.3. The number of benzene rings is 1. The number of rotatable bonds is 4. The van der Waals surface area contributed by atoms with Crippen molar-refractivity contribution in [2.24, 2.45) is 5.41 Å². The summed E-state index contributed by atoms with van der Waals surface area (Å²) in [7, 11) is 0. The van der Waals surface area contributed by atoms with Crippen LogP contribution in [-0.2, 0) is 12.8 Å². The van der Waals surface area contributed by atoms with E-state index in [1.807, 2.05) is 19.9 Å². The average molecular weight is 425 g/mol. The van der Waals surface area contributed by atoms with Crippen LogP contribution >= 0.6 is 11.3 Å². The molecule has 6 nitrogen and oxygen atoms in total. The Labute approximate surface area is 176 Å². The van der Waals surface area contributed by atoms with Gasteiger partial charge in [0.05, 0.1) is 0 Å². The first-order valence-electron chi connectivity index (χ1n) is 9.50. The second kappa shape index (κ2) is 7.60. The van der Waals surface area contributed by atoms with Crippen molar-refractivity contribution in [2.75, 3.05) is 5.32 Å². The summed E-state index contributed by atoms with van der Waals surface area (Å²) in [4.78, 5) is 45.2. The fraction of sp³-hybridized carbons (Fsp3) is 0.273. The van der Waals surface area contributed by atoms with Crippen LogP contribution in [0.1, 0.15) is 57.1 Å². The van der Waals surface area contributed by atoms with Crippen LogP contribution in [0.3, 0.4) is 0 Å². The molecule has 1 aliphatic carbocycles. The average Bonchev–Trinajstić information content (AvgIpc) is 3.06. The molecule has 1 aliphatic rings. The molecule has 0 spiro atoms. The molecule has 0 aliphatic heterocycles. The van der Waals surface area contributed by atoms with Gasteiger partial charge in [0.1, 0.15) is 11.4 Å². The number of carbonyl (C=O) groups is 2. The highest BCUT2D eigenvalue weighted by Gasteiger charge is 2.32. The van der Waals surface area contributed by atoms with Gasteiger partial charge < -0.3 is 4.98 Å². The Hall–Kier alpha value is -3.13. The van der Waals surface area contributed by atoms with E-state index in [0.717, 1.165) is 10.4 Å². The van der Waals surface area contributed by atoms with Crippen LogP contribution in [0.5, 0.6) is 0 Å². The standard InChI is InChI=1S/C22H20FN3O3S/c1-22(2)9-17-15(18(27)10-22)8-16(19(28)25-17)20(29)26-21-24-11-14(30-21)7-12-4-3-5-13(23)6-12/h3-6,8,11H,7,9-10H2,1-2H3,(H,25,28)(H,24,26,29). The lowest BCUT2D eigenvalue weighted by molar-refractivity contribution is 0.0910. The number of aromatic nitrogens is 2. The molecule has 2 heterocycles. The molecule has 1 amide bonds. The first-order chi connectivity index (χ1) is 14.2. The molecule has 0 atom stereocenters. The summed E-state index contributed by atoms with van der Waals surface area (Å²) >= 11 is 1.25. The Morgan fingerprint density at radius 3 is 2.83 bits per heavy atom. The molecule has 154 valence electrons. The van der Waals surface area contributed by atoms with Gasteiger partial charge in [-0.25, -0.2) is 9.37 Å². The van der Waals surface area contributed by atoms with Gasteiger partial charge in [-0.3, -0.25) is 19.7 Å². The zero-order chi connectivity index (χ0) is 21.5. The Bertz CT molecular complexity index is 1210. The van der Waals surface area contributed by atoms with Gasteiger partial charge >= 0.3 is 0 Å². The minimum Gasteiger partial charge on any atom is -0.325 e. The molecule has 8 heteroatoms. The zero-order valence-corrected chi connectivity index (χ0v) is 17.4. The number of pyridine rings is 1. The van der Waals surface area contributed by atoms with Gasteiger partial charge in [0.15, 0.2) is 10.9 Å². The summed E-state index contributed by atoms with van der Waals surface area (Å²) in [6, 6.07) is 7.65. The Morgan fingerprint density at radius 1 is 1.27 bits per heavy atom. The number of anilines is 1. The van der Waals surface area contributed by atoms with E-state index < -0.39 is 11.5 Å². The third-order valence-electron chi connectivity index (χ3n) is 5.00. The van der Waals surface area contributed by atoms with Crippen molar-refractivity contribution >= 4 is 28.2 Å². The van der Waals surface area contributed by atoms with Crippen LogP contribution in [0.4, 0.5) is 9.52 Å². The molecule has 0 saturated carbocycles. The van der Waals surface area contributed by atoms with Gasteiger partial charge in [-0.05, 0) is 35.6 Å². The maximum atomic E-state index is 13.3. The second-order valence-electron chi connectivity index (χ2n) is 8.24. The van der Waals surface area contributed by atoms with Gasteiger partial charge in [-0.2, -0.15) is 0 Å². The predicted octanol–water partition coefficient (Wildman–Crippen LogP) is 3.97. The van der Waals surface area contributed by atoms with E-state index in [0.29, 0.717) is 35.7 Å². The summed E-state index contributed by atoms with van der Waals surface area (Å²) in [5, 5.41) is 2.95. The monoisotopic (exact) mass is 425 g/mol. The highest BCUT2D eigenvalue weighted by molar-refractivity contribution is 7.15. The molecule has 0 bridgehead atoms. The SMILES string of the molecule is CC1(C)CC(=O)c2cc(C(=O)Nc3ncc(Cc4cccc(F)c4)s3)c(=O)[nH]c2C1. The normalized spacial score (nSPS) is 15.0. The summed E-state index contributed by atoms with van der Waals surface area (Å²) in [5.41, 5.74) is 0.881. The van der Waals surface area contributed by atoms with E-state index >= 15 is 0 Å². The van der Waals surface area contributed by atoms with Gasteiger partial charge in [0.2, 0.25) is 0 Å². The number of carbonyl (C=O) groups excluding carboxylic acids is 2. The summed E-state index contributed by atoms with van der Waals surface area (Å²) in [5.74, 6) is -1.02. The van der Waals surface area contributed by atoms with Crippen LogP contribution in [-0.4, -0.2) is 21.7 Å².